The molecule has 1 N–H and O–H groups in total. The zero-order valence-electron chi connectivity index (χ0n) is 15.1. The van der Waals surface area contributed by atoms with E-state index in [2.05, 4.69) is 20.0 Å². The number of nitrogens with zero attached hydrogens (tertiary/aromatic N) is 4. The minimum Gasteiger partial charge on any atom is -0.463 e. The molecule has 0 aliphatic carbocycles. The summed E-state index contributed by atoms with van der Waals surface area (Å²) < 4.78 is 34.6. The van der Waals surface area contributed by atoms with E-state index in [1.807, 2.05) is 0 Å². The monoisotopic (exact) mass is 439 g/mol. The standard InChI is InChI=1S/C17H18ClN5O3S2/c1-17(2,22-28(24,25)15-7-5-13(18)6-8-15)11-27-16-21-19-12-23(16)20-10-14-4-3-9-26-14/h3-10,12,22H,11H2,1-2H3/b20-10-. The van der Waals surface area contributed by atoms with Gasteiger partial charge in [-0.2, -0.15) is 9.78 Å². The predicted octanol–water partition coefficient (Wildman–Crippen LogP) is 3.26. The van der Waals surface area contributed by atoms with Gasteiger partial charge in [0.15, 0.2) is 0 Å². The van der Waals surface area contributed by atoms with Gasteiger partial charge in [-0.25, -0.2) is 13.1 Å². The van der Waals surface area contributed by atoms with E-state index in [-0.39, 0.29) is 4.90 Å². The summed E-state index contributed by atoms with van der Waals surface area (Å²) in [6.07, 6.45) is 4.56. The Labute approximate surface area is 172 Å². The van der Waals surface area contributed by atoms with Gasteiger partial charge in [0.05, 0.1) is 17.4 Å². The molecule has 11 heteroatoms. The van der Waals surface area contributed by atoms with Crippen LogP contribution >= 0.6 is 23.4 Å². The molecule has 0 radical (unpaired) electrons. The molecule has 0 aliphatic rings. The minimum absolute atomic E-state index is 0.154. The van der Waals surface area contributed by atoms with Crippen LogP contribution in [0.25, 0.3) is 0 Å². The highest BCUT2D eigenvalue weighted by molar-refractivity contribution is 7.99. The van der Waals surface area contributed by atoms with Crippen molar-refractivity contribution in [3.63, 3.8) is 0 Å². The first-order valence-corrected chi connectivity index (χ1v) is 11.0. The molecule has 0 saturated carbocycles. The fourth-order valence-corrected chi connectivity index (χ4v) is 4.71. The van der Waals surface area contributed by atoms with Crippen LogP contribution in [-0.2, 0) is 10.0 Å². The lowest BCUT2D eigenvalue weighted by Gasteiger charge is -2.25. The minimum atomic E-state index is -3.68. The third-order valence-electron chi connectivity index (χ3n) is 3.45. The fourth-order valence-electron chi connectivity index (χ4n) is 2.19. The number of benzene rings is 1. The molecule has 0 bridgehead atoms. The quantitative estimate of drug-likeness (QED) is 0.427. The van der Waals surface area contributed by atoms with Crippen LogP contribution in [0.4, 0.5) is 0 Å². The highest BCUT2D eigenvalue weighted by Gasteiger charge is 2.27. The van der Waals surface area contributed by atoms with Crippen molar-refractivity contribution in [3.05, 3.63) is 59.8 Å². The third-order valence-corrected chi connectivity index (χ3v) is 6.81. The molecule has 28 heavy (non-hydrogen) atoms. The Balaban J connectivity index is 1.65. The number of thioether (sulfide) groups is 1. The maximum atomic E-state index is 12.6. The second kappa shape index (κ2) is 8.48. The lowest BCUT2D eigenvalue weighted by molar-refractivity contribution is 0.497. The van der Waals surface area contributed by atoms with Crippen LogP contribution in [0, 0.1) is 0 Å². The molecule has 0 saturated heterocycles. The van der Waals surface area contributed by atoms with Crippen molar-refractivity contribution in [1.82, 2.24) is 19.6 Å². The normalized spacial score (nSPS) is 12.7. The van der Waals surface area contributed by atoms with Crippen LogP contribution in [0.15, 0.2) is 68.6 Å². The Morgan fingerprint density at radius 3 is 2.75 bits per heavy atom. The lowest BCUT2D eigenvalue weighted by atomic mass is 10.1. The Hall–Kier alpha value is -2.14. The van der Waals surface area contributed by atoms with Crippen molar-refractivity contribution in [2.75, 3.05) is 5.75 Å². The molecule has 0 atom stereocenters. The molecule has 2 heterocycles. The Morgan fingerprint density at radius 2 is 2.07 bits per heavy atom. The summed E-state index contributed by atoms with van der Waals surface area (Å²) in [5.74, 6) is 1.01. The van der Waals surface area contributed by atoms with E-state index in [0.717, 1.165) is 0 Å². The van der Waals surface area contributed by atoms with Crippen molar-refractivity contribution in [3.8, 4) is 0 Å². The van der Waals surface area contributed by atoms with Crippen molar-refractivity contribution >= 4 is 39.6 Å². The van der Waals surface area contributed by atoms with E-state index < -0.39 is 15.6 Å². The first kappa shape index (κ1) is 20.6. The topological polar surface area (TPSA) is 102 Å². The molecule has 1 aromatic carbocycles. The zero-order valence-corrected chi connectivity index (χ0v) is 17.5. The van der Waals surface area contributed by atoms with Crippen LogP contribution in [-0.4, -0.2) is 40.8 Å². The van der Waals surface area contributed by atoms with Gasteiger partial charge in [0.2, 0.25) is 15.2 Å². The number of furan rings is 1. The molecule has 0 spiro atoms. The molecule has 2 aromatic heterocycles. The largest absolute Gasteiger partial charge is 0.463 e. The molecule has 8 nitrogen and oxygen atoms in total. The maximum absolute atomic E-state index is 12.6. The predicted molar refractivity (Wildman–Crippen MR) is 108 cm³/mol. The number of aromatic nitrogens is 3. The molecule has 3 aromatic rings. The third kappa shape index (κ3) is 5.44. The maximum Gasteiger partial charge on any atom is 0.241 e. The first-order valence-electron chi connectivity index (χ1n) is 8.15. The number of hydrogen-bond donors (Lipinski definition) is 1. The summed E-state index contributed by atoms with van der Waals surface area (Å²) in [5.41, 5.74) is -0.745. The second-order valence-corrected chi connectivity index (χ2v) is 9.51. The van der Waals surface area contributed by atoms with Gasteiger partial charge < -0.3 is 4.42 Å². The second-order valence-electron chi connectivity index (χ2n) is 6.45. The van der Waals surface area contributed by atoms with E-state index in [1.54, 1.807) is 38.5 Å². The van der Waals surface area contributed by atoms with Gasteiger partial charge in [-0.1, -0.05) is 23.4 Å². The molecular formula is C17H18ClN5O3S2. The zero-order chi connectivity index (χ0) is 20.2. The van der Waals surface area contributed by atoms with Crippen molar-refractivity contribution in [1.29, 1.82) is 0 Å². The summed E-state index contributed by atoms with van der Waals surface area (Å²) in [6.45, 7) is 3.58. The van der Waals surface area contributed by atoms with Gasteiger partial charge in [0.25, 0.3) is 0 Å². The number of sulfonamides is 1. The number of rotatable bonds is 8. The van der Waals surface area contributed by atoms with E-state index in [4.69, 9.17) is 16.0 Å². The summed E-state index contributed by atoms with van der Waals surface area (Å²) in [5, 5.41) is 13.1. The summed E-state index contributed by atoms with van der Waals surface area (Å²) in [6, 6.07) is 9.55. The van der Waals surface area contributed by atoms with Crippen molar-refractivity contribution in [2.24, 2.45) is 5.10 Å². The molecule has 0 aliphatic heterocycles. The summed E-state index contributed by atoms with van der Waals surface area (Å²) in [7, 11) is -3.68. The Kier molecular flexibility index (Phi) is 6.23. The van der Waals surface area contributed by atoms with Crippen LogP contribution in [0.3, 0.4) is 0 Å². The van der Waals surface area contributed by atoms with Crippen molar-refractivity contribution < 1.29 is 12.8 Å². The first-order chi connectivity index (χ1) is 13.3. The van der Waals surface area contributed by atoms with Gasteiger partial charge in [-0.15, -0.1) is 10.2 Å². The molecule has 0 fully saturated rings. The average molecular weight is 440 g/mol. The number of nitrogens with one attached hydrogen (secondary N) is 1. The molecular weight excluding hydrogens is 422 g/mol. The average Bonchev–Trinajstić information content (AvgIpc) is 3.29. The van der Waals surface area contributed by atoms with Gasteiger partial charge in [-0.3, -0.25) is 0 Å². The van der Waals surface area contributed by atoms with Gasteiger partial charge in [-0.05, 0) is 50.2 Å². The summed E-state index contributed by atoms with van der Waals surface area (Å²) >= 11 is 7.16. The fraction of sp³-hybridized carbons (Fsp3) is 0.235. The van der Waals surface area contributed by atoms with Crippen LogP contribution in [0.5, 0.6) is 0 Å². The summed E-state index contributed by atoms with van der Waals surface area (Å²) in [4.78, 5) is 0.154. The molecule has 0 amide bonds. The molecule has 3 rings (SSSR count). The highest BCUT2D eigenvalue weighted by atomic mass is 35.5. The van der Waals surface area contributed by atoms with Crippen LogP contribution in [0.2, 0.25) is 5.02 Å². The Morgan fingerprint density at radius 1 is 1.32 bits per heavy atom. The van der Waals surface area contributed by atoms with Gasteiger partial charge in [0, 0.05) is 16.3 Å². The van der Waals surface area contributed by atoms with E-state index >= 15 is 0 Å². The molecule has 148 valence electrons. The van der Waals surface area contributed by atoms with E-state index in [0.29, 0.717) is 21.7 Å². The van der Waals surface area contributed by atoms with Crippen molar-refractivity contribution in [2.45, 2.75) is 29.4 Å². The lowest BCUT2D eigenvalue weighted by Crippen LogP contribution is -2.45. The van der Waals surface area contributed by atoms with Crippen LogP contribution in [0.1, 0.15) is 19.6 Å². The Bertz CT molecular complexity index is 1040. The van der Waals surface area contributed by atoms with Gasteiger partial charge in [0.1, 0.15) is 12.1 Å². The number of halogens is 1. The SMILES string of the molecule is CC(C)(CSc1nncn1/N=C\c1ccco1)NS(=O)(=O)c1ccc(Cl)cc1. The molecule has 0 unspecified atom stereocenters. The number of hydrogen-bond acceptors (Lipinski definition) is 7. The smallest absolute Gasteiger partial charge is 0.241 e. The highest BCUT2D eigenvalue weighted by Crippen LogP contribution is 2.23. The van der Waals surface area contributed by atoms with Gasteiger partial charge >= 0.3 is 0 Å². The van der Waals surface area contributed by atoms with Crippen LogP contribution < -0.4 is 4.72 Å². The van der Waals surface area contributed by atoms with E-state index in [1.165, 1.54) is 47.0 Å². The van der Waals surface area contributed by atoms with E-state index in [9.17, 15) is 8.42 Å².